The summed E-state index contributed by atoms with van der Waals surface area (Å²) in [6, 6.07) is 16.4. The van der Waals surface area contributed by atoms with Gasteiger partial charge in [0.05, 0.1) is 14.4 Å². The summed E-state index contributed by atoms with van der Waals surface area (Å²) in [4.78, 5) is 15.7. The van der Waals surface area contributed by atoms with E-state index in [9.17, 15) is 10.1 Å². The highest BCUT2D eigenvalue weighted by Crippen LogP contribution is 2.37. The molecule has 3 rings (SSSR count). The quantitative estimate of drug-likeness (QED) is 0.338. The summed E-state index contributed by atoms with van der Waals surface area (Å²) >= 11 is 6.30. The summed E-state index contributed by atoms with van der Waals surface area (Å²) < 4.78 is 4.07. The number of nitrogens with zero attached hydrogens (tertiary/aromatic N) is 2. The Labute approximate surface area is 149 Å². The van der Waals surface area contributed by atoms with Crippen LogP contribution in [0.25, 0.3) is 11.3 Å². The third-order valence-corrected chi connectivity index (χ3v) is 5.45. The number of hydrogen-bond donors (Lipinski definition) is 1. The number of benzene rings is 2. The van der Waals surface area contributed by atoms with E-state index in [-0.39, 0.29) is 5.69 Å². The van der Waals surface area contributed by atoms with Gasteiger partial charge in [0.15, 0.2) is 5.13 Å². The molecule has 0 aliphatic carbocycles. The highest BCUT2D eigenvalue weighted by Gasteiger charge is 2.12. The van der Waals surface area contributed by atoms with E-state index in [1.165, 1.54) is 35.4 Å². The number of thiazole rings is 1. The van der Waals surface area contributed by atoms with Gasteiger partial charge in [-0.1, -0.05) is 47.7 Å². The minimum absolute atomic E-state index is 0.0714. The van der Waals surface area contributed by atoms with Crippen LogP contribution in [0.3, 0.4) is 0 Å². The Morgan fingerprint density at radius 2 is 1.96 bits per heavy atom. The smallest absolute Gasteiger partial charge is 0.270 e. The van der Waals surface area contributed by atoms with Crippen LogP contribution in [0.4, 0.5) is 10.8 Å². The molecule has 0 spiro atoms. The van der Waals surface area contributed by atoms with E-state index in [1.807, 2.05) is 36.4 Å². The fourth-order valence-electron chi connectivity index (χ4n) is 1.88. The van der Waals surface area contributed by atoms with Gasteiger partial charge < -0.3 is 4.72 Å². The number of nitro benzene ring substituents is 1. The second-order valence-electron chi connectivity index (χ2n) is 4.47. The first-order valence-corrected chi connectivity index (χ1v) is 8.95. The molecule has 0 atom stereocenters. The third kappa shape index (κ3) is 3.90. The zero-order valence-corrected chi connectivity index (χ0v) is 14.8. The number of halogens is 1. The fourth-order valence-corrected chi connectivity index (χ4v) is 4.10. The third-order valence-electron chi connectivity index (χ3n) is 2.92. The number of non-ortho nitro benzene ring substituents is 1. The molecule has 0 amide bonds. The topological polar surface area (TPSA) is 68.1 Å². The largest absolute Gasteiger partial charge is 0.301 e. The second kappa shape index (κ2) is 7.12. The molecule has 0 radical (unpaired) electrons. The van der Waals surface area contributed by atoms with Crippen molar-refractivity contribution in [2.75, 3.05) is 4.72 Å². The lowest BCUT2D eigenvalue weighted by atomic mass is 10.2. The monoisotopic (exact) mass is 407 g/mol. The predicted octanol–water partition coefficient (Wildman–Crippen LogP) is 5.60. The summed E-state index contributed by atoms with van der Waals surface area (Å²) in [6.45, 7) is 0. The normalized spacial score (nSPS) is 10.5. The Bertz CT molecular complexity index is 840. The van der Waals surface area contributed by atoms with Gasteiger partial charge in [0.2, 0.25) is 0 Å². The van der Waals surface area contributed by atoms with E-state index in [4.69, 9.17) is 0 Å². The number of hydrogen-bond acceptors (Lipinski definition) is 6. The minimum Gasteiger partial charge on any atom is -0.301 e. The Balaban J connectivity index is 1.75. The van der Waals surface area contributed by atoms with Crippen molar-refractivity contribution in [1.29, 1.82) is 0 Å². The second-order valence-corrected chi connectivity index (χ2v) is 7.66. The molecule has 0 saturated heterocycles. The van der Waals surface area contributed by atoms with Crippen LogP contribution in [0.15, 0.2) is 63.3 Å². The molecule has 0 bridgehead atoms. The Morgan fingerprint density at radius 3 is 2.70 bits per heavy atom. The Kier molecular flexibility index (Phi) is 4.94. The van der Waals surface area contributed by atoms with Crippen molar-refractivity contribution in [2.45, 2.75) is 4.90 Å². The summed E-state index contributed by atoms with van der Waals surface area (Å²) in [6.07, 6.45) is 0. The lowest BCUT2D eigenvalue weighted by Gasteiger charge is -2.01. The first kappa shape index (κ1) is 16.0. The van der Waals surface area contributed by atoms with Crippen molar-refractivity contribution < 1.29 is 4.92 Å². The Morgan fingerprint density at radius 1 is 1.17 bits per heavy atom. The molecular weight excluding hydrogens is 398 g/mol. The van der Waals surface area contributed by atoms with E-state index in [1.54, 1.807) is 6.07 Å². The summed E-state index contributed by atoms with van der Waals surface area (Å²) in [5, 5.41) is 11.5. The maximum atomic E-state index is 10.8. The van der Waals surface area contributed by atoms with Gasteiger partial charge in [-0.25, -0.2) is 4.98 Å². The van der Waals surface area contributed by atoms with Gasteiger partial charge in [0.25, 0.3) is 5.69 Å². The lowest BCUT2D eigenvalue weighted by molar-refractivity contribution is -0.385. The molecule has 1 heterocycles. The van der Waals surface area contributed by atoms with Gasteiger partial charge in [0, 0.05) is 22.6 Å². The van der Waals surface area contributed by atoms with Crippen LogP contribution in [-0.4, -0.2) is 9.91 Å². The van der Waals surface area contributed by atoms with Gasteiger partial charge in [-0.2, -0.15) is 0 Å². The number of nitrogens with one attached hydrogen (secondary N) is 1. The van der Waals surface area contributed by atoms with Crippen molar-refractivity contribution in [3.8, 4) is 11.3 Å². The summed E-state index contributed by atoms with van der Waals surface area (Å²) in [5.41, 5.74) is 1.98. The van der Waals surface area contributed by atoms with E-state index in [2.05, 4.69) is 25.6 Å². The molecule has 0 aliphatic heterocycles. The van der Waals surface area contributed by atoms with Crippen molar-refractivity contribution in [3.05, 3.63) is 68.5 Å². The maximum Gasteiger partial charge on any atom is 0.270 e. The zero-order valence-electron chi connectivity index (χ0n) is 11.6. The highest BCUT2D eigenvalue weighted by atomic mass is 79.9. The van der Waals surface area contributed by atoms with Crippen LogP contribution in [0, 0.1) is 10.1 Å². The van der Waals surface area contributed by atoms with Crippen LogP contribution in [0.2, 0.25) is 0 Å². The number of rotatable bonds is 5. The van der Waals surface area contributed by atoms with Gasteiger partial charge in [-0.05, 0) is 33.9 Å². The van der Waals surface area contributed by atoms with Gasteiger partial charge in [-0.3, -0.25) is 10.1 Å². The summed E-state index contributed by atoms with van der Waals surface area (Å²) in [5.74, 6) is 0. The average molecular weight is 408 g/mol. The molecule has 0 aliphatic rings. The van der Waals surface area contributed by atoms with Crippen LogP contribution in [0.5, 0.6) is 0 Å². The van der Waals surface area contributed by atoms with Crippen LogP contribution in [-0.2, 0) is 0 Å². The van der Waals surface area contributed by atoms with Gasteiger partial charge in [0.1, 0.15) is 0 Å². The zero-order chi connectivity index (χ0) is 16.2. The molecule has 116 valence electrons. The van der Waals surface area contributed by atoms with Crippen molar-refractivity contribution in [3.63, 3.8) is 0 Å². The molecule has 23 heavy (non-hydrogen) atoms. The first-order chi connectivity index (χ1) is 11.1. The summed E-state index contributed by atoms with van der Waals surface area (Å²) in [7, 11) is 0. The van der Waals surface area contributed by atoms with Crippen molar-refractivity contribution in [1.82, 2.24) is 4.98 Å². The standard InChI is InChI=1S/C15H10BrN3O2S2/c16-14-13(10-5-2-1-3-6-10)17-15(22-14)18-23-12-8-4-7-11(9-12)19(20)21/h1-9H,(H,17,18). The maximum absolute atomic E-state index is 10.8. The van der Waals surface area contributed by atoms with E-state index in [0.29, 0.717) is 0 Å². The average Bonchev–Trinajstić information content (AvgIpc) is 2.95. The van der Waals surface area contributed by atoms with Crippen LogP contribution in [0.1, 0.15) is 0 Å². The SMILES string of the molecule is O=[N+]([O-])c1cccc(SNc2nc(-c3ccccc3)c(Br)s2)c1. The fraction of sp³-hybridized carbons (Fsp3) is 0. The molecule has 2 aromatic carbocycles. The van der Waals surface area contributed by atoms with Crippen LogP contribution < -0.4 is 4.72 Å². The van der Waals surface area contributed by atoms with Gasteiger partial charge in [-0.15, -0.1) is 0 Å². The number of anilines is 1. The van der Waals surface area contributed by atoms with Crippen LogP contribution >= 0.6 is 39.2 Å². The van der Waals surface area contributed by atoms with Crippen molar-refractivity contribution >= 4 is 50.0 Å². The molecule has 5 nitrogen and oxygen atoms in total. The Hall–Kier alpha value is -1.90. The van der Waals surface area contributed by atoms with Gasteiger partial charge >= 0.3 is 0 Å². The molecular formula is C15H10BrN3O2S2. The molecule has 1 aromatic heterocycles. The lowest BCUT2D eigenvalue weighted by Crippen LogP contribution is -1.89. The highest BCUT2D eigenvalue weighted by molar-refractivity contribution is 9.11. The van der Waals surface area contributed by atoms with E-state index >= 15 is 0 Å². The predicted molar refractivity (Wildman–Crippen MR) is 97.8 cm³/mol. The molecule has 8 heteroatoms. The number of aromatic nitrogens is 1. The van der Waals surface area contributed by atoms with Crippen molar-refractivity contribution in [2.24, 2.45) is 0 Å². The molecule has 1 N–H and O–H groups in total. The molecule has 0 fully saturated rings. The first-order valence-electron chi connectivity index (χ1n) is 6.52. The molecule has 0 unspecified atom stereocenters. The molecule has 0 saturated carbocycles. The number of nitro groups is 1. The van der Waals surface area contributed by atoms with E-state index in [0.717, 1.165) is 25.1 Å². The molecule has 3 aromatic rings. The minimum atomic E-state index is -0.405. The van der Waals surface area contributed by atoms with E-state index < -0.39 is 4.92 Å².